The Kier molecular flexibility index (Phi) is 5.98. The fourth-order valence-electron chi connectivity index (χ4n) is 4.73. The molecule has 0 aromatic heterocycles. The van der Waals surface area contributed by atoms with E-state index in [0.29, 0.717) is 0 Å². The molecule has 0 aliphatic carbocycles. The molecule has 33 heavy (non-hydrogen) atoms. The molecule has 2 atom stereocenters. The van der Waals surface area contributed by atoms with E-state index in [2.05, 4.69) is 74.2 Å². The molecule has 1 aliphatic rings. The Morgan fingerprint density at radius 2 is 1.09 bits per heavy atom. The predicted octanol–water partition coefficient (Wildman–Crippen LogP) is 5.64. The minimum atomic E-state index is 0.0889. The van der Waals surface area contributed by atoms with Crippen LogP contribution in [-0.4, -0.2) is 11.7 Å². The molecule has 0 spiro atoms. The van der Waals surface area contributed by atoms with Gasteiger partial charge in [0.2, 0.25) is 0 Å². The maximum Gasteiger partial charge on any atom is 0.122 e. The van der Waals surface area contributed by atoms with Crippen molar-refractivity contribution in [2.75, 3.05) is 4.90 Å². The molecule has 3 aromatic carbocycles. The van der Waals surface area contributed by atoms with Crippen molar-refractivity contribution in [1.29, 1.82) is 10.8 Å². The summed E-state index contributed by atoms with van der Waals surface area (Å²) in [6.45, 7) is 6.70. The van der Waals surface area contributed by atoms with Gasteiger partial charge in [-0.3, -0.25) is 10.8 Å². The van der Waals surface area contributed by atoms with Gasteiger partial charge < -0.3 is 16.4 Å². The van der Waals surface area contributed by atoms with Gasteiger partial charge in [-0.05, 0) is 47.1 Å². The van der Waals surface area contributed by atoms with Crippen LogP contribution in [0.15, 0.2) is 72.8 Å². The molecule has 2 unspecified atom stereocenters. The van der Waals surface area contributed by atoms with E-state index in [4.69, 9.17) is 22.3 Å². The maximum absolute atomic E-state index is 7.70. The highest BCUT2D eigenvalue weighted by Crippen LogP contribution is 2.47. The van der Waals surface area contributed by atoms with Crippen LogP contribution in [0.1, 0.15) is 73.5 Å². The SMILES string of the molecule is CC(C)(C)c1ccc(N2C(c3ccc(C(=N)N)cc3)CCC2c2ccc(C(=N)N)cc2)cc1. The Morgan fingerprint density at radius 3 is 1.42 bits per heavy atom. The fraction of sp³-hybridized carbons (Fsp3) is 0.286. The molecule has 170 valence electrons. The van der Waals surface area contributed by atoms with Gasteiger partial charge in [-0.25, -0.2) is 0 Å². The summed E-state index contributed by atoms with van der Waals surface area (Å²) in [5, 5.41) is 15.4. The third-order valence-corrected chi connectivity index (χ3v) is 6.63. The van der Waals surface area contributed by atoms with Gasteiger partial charge in [-0.15, -0.1) is 0 Å². The molecule has 5 heteroatoms. The molecular weight excluding hydrogens is 406 g/mol. The zero-order chi connectivity index (χ0) is 23.8. The third-order valence-electron chi connectivity index (χ3n) is 6.63. The Balaban J connectivity index is 1.73. The van der Waals surface area contributed by atoms with Gasteiger partial charge in [0.25, 0.3) is 0 Å². The molecule has 6 N–H and O–H groups in total. The summed E-state index contributed by atoms with van der Waals surface area (Å²) >= 11 is 0. The second kappa shape index (κ2) is 8.74. The molecular formula is C28H33N5. The van der Waals surface area contributed by atoms with E-state index in [1.807, 2.05) is 24.3 Å². The molecule has 1 fully saturated rings. The molecule has 1 aliphatic heterocycles. The second-order valence-corrected chi connectivity index (χ2v) is 9.88. The van der Waals surface area contributed by atoms with Gasteiger partial charge in [-0.2, -0.15) is 0 Å². The van der Waals surface area contributed by atoms with E-state index < -0.39 is 0 Å². The number of anilines is 1. The largest absolute Gasteiger partial charge is 0.384 e. The van der Waals surface area contributed by atoms with Crippen LogP contribution in [-0.2, 0) is 5.41 Å². The van der Waals surface area contributed by atoms with E-state index in [1.165, 1.54) is 22.4 Å². The molecule has 5 nitrogen and oxygen atoms in total. The number of nitrogens with zero attached hydrogens (tertiary/aromatic N) is 1. The van der Waals surface area contributed by atoms with E-state index in [1.54, 1.807) is 0 Å². The Labute approximate surface area is 196 Å². The maximum atomic E-state index is 7.70. The molecule has 1 heterocycles. The lowest BCUT2D eigenvalue weighted by Crippen LogP contribution is -2.26. The summed E-state index contributed by atoms with van der Waals surface area (Å²) in [5.74, 6) is 0.178. The molecule has 0 saturated carbocycles. The summed E-state index contributed by atoms with van der Waals surface area (Å²) in [4.78, 5) is 2.51. The van der Waals surface area contributed by atoms with Crippen molar-refractivity contribution < 1.29 is 0 Å². The van der Waals surface area contributed by atoms with Crippen LogP contribution >= 0.6 is 0 Å². The van der Waals surface area contributed by atoms with Gasteiger partial charge >= 0.3 is 0 Å². The first-order valence-corrected chi connectivity index (χ1v) is 11.4. The predicted molar refractivity (Wildman–Crippen MR) is 137 cm³/mol. The van der Waals surface area contributed by atoms with E-state index in [9.17, 15) is 0 Å². The van der Waals surface area contributed by atoms with Crippen molar-refractivity contribution in [3.63, 3.8) is 0 Å². The molecule has 3 aromatic rings. The number of nitrogen functional groups attached to an aromatic ring is 2. The van der Waals surface area contributed by atoms with Gasteiger partial charge in [-0.1, -0.05) is 81.4 Å². The van der Waals surface area contributed by atoms with Crippen LogP contribution in [0.3, 0.4) is 0 Å². The quantitative estimate of drug-likeness (QED) is 0.306. The summed E-state index contributed by atoms with van der Waals surface area (Å²) in [6.07, 6.45) is 2.05. The van der Waals surface area contributed by atoms with Crippen LogP contribution in [0.4, 0.5) is 5.69 Å². The molecule has 0 bridgehead atoms. The summed E-state index contributed by atoms with van der Waals surface area (Å²) in [7, 11) is 0. The average Bonchev–Trinajstić information content (AvgIpc) is 3.24. The first-order valence-electron chi connectivity index (χ1n) is 11.4. The topological polar surface area (TPSA) is 103 Å². The lowest BCUT2D eigenvalue weighted by atomic mass is 9.87. The Hall–Kier alpha value is -3.60. The van der Waals surface area contributed by atoms with Crippen molar-refractivity contribution in [1.82, 2.24) is 0 Å². The number of nitrogens with one attached hydrogen (secondary N) is 2. The number of hydrogen-bond donors (Lipinski definition) is 4. The van der Waals surface area contributed by atoms with Crippen molar-refractivity contribution in [2.45, 2.75) is 51.1 Å². The number of rotatable bonds is 5. The van der Waals surface area contributed by atoms with Gasteiger partial charge in [0.05, 0.1) is 12.1 Å². The van der Waals surface area contributed by atoms with Crippen LogP contribution in [0.25, 0.3) is 0 Å². The number of nitrogens with two attached hydrogens (primary N) is 2. The first kappa shape index (κ1) is 22.6. The monoisotopic (exact) mass is 439 g/mol. The molecule has 0 amide bonds. The molecule has 4 rings (SSSR count). The standard InChI is InChI=1S/C28H33N5/c1-28(2,3)22-12-14-23(15-13-22)33-24(18-4-8-20(9-5-18)26(29)30)16-17-25(33)19-6-10-21(11-7-19)27(31)32/h4-15,24-25H,16-17H2,1-3H3,(H3,29,30)(H3,31,32). The number of benzene rings is 3. The molecule has 1 saturated heterocycles. The van der Waals surface area contributed by atoms with Gasteiger partial charge in [0, 0.05) is 16.8 Å². The number of amidine groups is 2. The highest BCUT2D eigenvalue weighted by Gasteiger charge is 2.35. The van der Waals surface area contributed by atoms with Gasteiger partial charge in [0.15, 0.2) is 0 Å². The minimum absolute atomic E-state index is 0.0889. The zero-order valence-corrected chi connectivity index (χ0v) is 19.6. The van der Waals surface area contributed by atoms with Gasteiger partial charge in [0.1, 0.15) is 11.7 Å². The Bertz CT molecular complexity index is 1070. The molecule has 0 radical (unpaired) electrons. The van der Waals surface area contributed by atoms with Crippen LogP contribution in [0.2, 0.25) is 0 Å². The van der Waals surface area contributed by atoms with Crippen LogP contribution in [0.5, 0.6) is 0 Å². The smallest absolute Gasteiger partial charge is 0.122 e. The normalized spacial score (nSPS) is 18.3. The summed E-state index contributed by atoms with van der Waals surface area (Å²) < 4.78 is 0. The summed E-state index contributed by atoms with van der Waals surface area (Å²) in [6, 6.07) is 25.5. The van der Waals surface area contributed by atoms with Crippen molar-refractivity contribution in [2.24, 2.45) is 11.5 Å². The van der Waals surface area contributed by atoms with E-state index in [-0.39, 0.29) is 29.2 Å². The van der Waals surface area contributed by atoms with Crippen molar-refractivity contribution >= 4 is 17.4 Å². The van der Waals surface area contributed by atoms with Crippen molar-refractivity contribution in [3.8, 4) is 0 Å². The highest BCUT2D eigenvalue weighted by atomic mass is 15.2. The average molecular weight is 440 g/mol. The number of hydrogen-bond acceptors (Lipinski definition) is 3. The van der Waals surface area contributed by atoms with Crippen LogP contribution in [0, 0.1) is 10.8 Å². The summed E-state index contributed by atoms with van der Waals surface area (Å²) in [5.41, 5.74) is 17.9. The minimum Gasteiger partial charge on any atom is -0.384 e. The lowest BCUT2D eigenvalue weighted by Gasteiger charge is -2.34. The Morgan fingerprint density at radius 1 is 0.697 bits per heavy atom. The van der Waals surface area contributed by atoms with Crippen molar-refractivity contribution in [3.05, 3.63) is 101 Å². The van der Waals surface area contributed by atoms with E-state index >= 15 is 0 Å². The first-order chi connectivity index (χ1) is 15.6. The highest BCUT2D eigenvalue weighted by molar-refractivity contribution is 5.95. The fourth-order valence-corrected chi connectivity index (χ4v) is 4.73. The third kappa shape index (κ3) is 4.63. The lowest BCUT2D eigenvalue weighted by molar-refractivity contribution is 0.589. The second-order valence-electron chi connectivity index (χ2n) is 9.88. The van der Waals surface area contributed by atoms with E-state index in [0.717, 1.165) is 24.0 Å². The zero-order valence-electron chi connectivity index (χ0n) is 19.6. The van der Waals surface area contributed by atoms with Crippen LogP contribution < -0.4 is 16.4 Å².